The van der Waals surface area contributed by atoms with E-state index in [2.05, 4.69) is 15.9 Å². The highest BCUT2D eigenvalue weighted by atomic mass is 79.9. The molecule has 98 valence electrons. The van der Waals surface area contributed by atoms with Crippen molar-refractivity contribution in [1.82, 2.24) is 0 Å². The van der Waals surface area contributed by atoms with Gasteiger partial charge in [-0.15, -0.1) is 0 Å². The summed E-state index contributed by atoms with van der Waals surface area (Å²) in [5.41, 5.74) is 3.37. The van der Waals surface area contributed by atoms with Crippen LogP contribution in [0.3, 0.4) is 0 Å². The first kappa shape index (κ1) is 13.8. The Bertz CT molecular complexity index is 633. The average Bonchev–Trinajstić information content (AvgIpc) is 2.40. The topological polar surface area (TPSA) is 26.3 Å². The van der Waals surface area contributed by atoms with Gasteiger partial charge in [0.2, 0.25) is 0 Å². The molecule has 2 aromatic rings. The van der Waals surface area contributed by atoms with Crippen LogP contribution in [0.5, 0.6) is 5.75 Å². The highest BCUT2D eigenvalue weighted by Gasteiger charge is 2.15. The first-order chi connectivity index (χ1) is 9.02. The molecule has 0 unspecified atom stereocenters. The van der Waals surface area contributed by atoms with Crippen LogP contribution in [0.1, 0.15) is 27.0 Å². The Hall–Kier alpha value is -1.61. The zero-order chi connectivity index (χ0) is 14.0. The van der Waals surface area contributed by atoms with Gasteiger partial charge in [-0.3, -0.25) is 4.79 Å². The molecule has 0 bridgehead atoms. The fourth-order valence-electron chi connectivity index (χ4n) is 1.98. The van der Waals surface area contributed by atoms with Crippen LogP contribution >= 0.6 is 15.9 Å². The molecule has 0 saturated carbocycles. The summed E-state index contributed by atoms with van der Waals surface area (Å²) < 4.78 is 5.98. The van der Waals surface area contributed by atoms with Crippen LogP contribution in [0, 0.1) is 13.8 Å². The molecule has 2 aromatic carbocycles. The second-order valence-electron chi connectivity index (χ2n) is 4.49. The van der Waals surface area contributed by atoms with Crippen molar-refractivity contribution in [1.29, 1.82) is 0 Å². The van der Waals surface area contributed by atoms with Gasteiger partial charge in [-0.2, -0.15) is 0 Å². The number of rotatable bonds is 3. The summed E-state index contributed by atoms with van der Waals surface area (Å²) in [7, 11) is 1.62. The summed E-state index contributed by atoms with van der Waals surface area (Å²) in [4.78, 5) is 12.6. The zero-order valence-corrected chi connectivity index (χ0v) is 12.7. The molecular weight excluding hydrogens is 304 g/mol. The van der Waals surface area contributed by atoms with E-state index in [1.807, 2.05) is 50.2 Å². The first-order valence-electron chi connectivity index (χ1n) is 5.98. The van der Waals surface area contributed by atoms with Crippen molar-refractivity contribution >= 4 is 21.7 Å². The lowest BCUT2D eigenvalue weighted by Crippen LogP contribution is -2.05. The summed E-state index contributed by atoms with van der Waals surface area (Å²) in [6.07, 6.45) is 0. The standard InChI is InChI=1S/C16H15BrO2/c1-10-4-7-15(17)14(8-10)16(18)13-6-5-12(19-3)9-11(13)2/h4-9H,1-3H3. The van der Waals surface area contributed by atoms with Gasteiger partial charge >= 0.3 is 0 Å². The van der Waals surface area contributed by atoms with Crippen LogP contribution in [-0.4, -0.2) is 12.9 Å². The van der Waals surface area contributed by atoms with E-state index >= 15 is 0 Å². The lowest BCUT2D eigenvalue weighted by molar-refractivity contribution is 0.103. The number of benzene rings is 2. The van der Waals surface area contributed by atoms with Gasteiger partial charge in [0.1, 0.15) is 5.75 Å². The Morgan fingerprint density at radius 3 is 2.42 bits per heavy atom. The van der Waals surface area contributed by atoms with Gasteiger partial charge in [-0.25, -0.2) is 0 Å². The fraction of sp³-hybridized carbons (Fsp3) is 0.188. The molecule has 0 saturated heterocycles. The number of ether oxygens (including phenoxy) is 1. The number of ketones is 1. The molecule has 0 amide bonds. The molecule has 0 aliphatic carbocycles. The van der Waals surface area contributed by atoms with Gasteiger partial charge in [0.25, 0.3) is 0 Å². The van der Waals surface area contributed by atoms with Gasteiger partial charge in [0.15, 0.2) is 5.78 Å². The molecule has 0 N–H and O–H groups in total. The Labute approximate surface area is 121 Å². The maximum absolute atomic E-state index is 12.6. The maximum atomic E-state index is 12.6. The molecule has 0 fully saturated rings. The van der Waals surface area contributed by atoms with Gasteiger partial charge in [0.05, 0.1) is 7.11 Å². The van der Waals surface area contributed by atoms with Crippen molar-refractivity contribution in [3.05, 3.63) is 63.1 Å². The average molecular weight is 319 g/mol. The molecule has 3 heteroatoms. The molecular formula is C16H15BrO2. The van der Waals surface area contributed by atoms with E-state index in [-0.39, 0.29) is 5.78 Å². The van der Waals surface area contributed by atoms with Gasteiger partial charge in [-0.05, 0) is 49.7 Å². The number of hydrogen-bond acceptors (Lipinski definition) is 2. The lowest BCUT2D eigenvalue weighted by Gasteiger charge is -2.09. The molecule has 19 heavy (non-hydrogen) atoms. The van der Waals surface area contributed by atoms with Crippen LogP contribution in [-0.2, 0) is 0 Å². The molecule has 0 aromatic heterocycles. The monoisotopic (exact) mass is 318 g/mol. The maximum Gasteiger partial charge on any atom is 0.194 e. The second-order valence-corrected chi connectivity index (χ2v) is 5.35. The van der Waals surface area contributed by atoms with E-state index in [1.54, 1.807) is 7.11 Å². The Morgan fingerprint density at radius 2 is 1.79 bits per heavy atom. The number of carbonyl (C=O) groups excluding carboxylic acids is 1. The second kappa shape index (κ2) is 5.57. The summed E-state index contributed by atoms with van der Waals surface area (Å²) in [5, 5.41) is 0. The predicted molar refractivity (Wildman–Crippen MR) is 80.0 cm³/mol. The number of aryl methyl sites for hydroxylation is 2. The third kappa shape index (κ3) is 2.87. The van der Waals surface area contributed by atoms with Crippen molar-refractivity contribution in [3.63, 3.8) is 0 Å². The quantitative estimate of drug-likeness (QED) is 0.788. The van der Waals surface area contributed by atoms with Crippen molar-refractivity contribution in [3.8, 4) is 5.75 Å². The van der Waals surface area contributed by atoms with Crippen molar-refractivity contribution in [2.24, 2.45) is 0 Å². The number of hydrogen-bond donors (Lipinski definition) is 0. The van der Waals surface area contributed by atoms with E-state index in [4.69, 9.17) is 4.74 Å². The highest BCUT2D eigenvalue weighted by molar-refractivity contribution is 9.10. The SMILES string of the molecule is COc1ccc(C(=O)c2cc(C)ccc2Br)c(C)c1. The summed E-state index contributed by atoms with van der Waals surface area (Å²) in [6.45, 7) is 3.89. The predicted octanol–water partition coefficient (Wildman–Crippen LogP) is 4.31. The number of carbonyl (C=O) groups is 1. The third-order valence-corrected chi connectivity index (χ3v) is 3.74. The van der Waals surface area contributed by atoms with Crippen molar-refractivity contribution in [2.45, 2.75) is 13.8 Å². The summed E-state index contributed by atoms with van der Waals surface area (Å²) in [5.74, 6) is 0.785. The van der Waals surface area contributed by atoms with Crippen LogP contribution in [0.15, 0.2) is 40.9 Å². The highest BCUT2D eigenvalue weighted by Crippen LogP contribution is 2.24. The minimum Gasteiger partial charge on any atom is -0.497 e. The van der Waals surface area contributed by atoms with Gasteiger partial charge in [-0.1, -0.05) is 27.6 Å². The Balaban J connectivity index is 2.47. The molecule has 0 heterocycles. The molecule has 0 radical (unpaired) electrons. The Kier molecular flexibility index (Phi) is 4.05. The molecule has 0 aliphatic heterocycles. The normalized spacial score (nSPS) is 10.3. The van der Waals surface area contributed by atoms with Crippen LogP contribution in [0.25, 0.3) is 0 Å². The summed E-state index contributed by atoms with van der Waals surface area (Å²) in [6, 6.07) is 11.3. The first-order valence-corrected chi connectivity index (χ1v) is 6.77. The van der Waals surface area contributed by atoms with E-state index in [9.17, 15) is 4.79 Å². The molecule has 0 aliphatic rings. The van der Waals surface area contributed by atoms with E-state index < -0.39 is 0 Å². The van der Waals surface area contributed by atoms with Crippen LogP contribution in [0.2, 0.25) is 0 Å². The minimum atomic E-state index is 0.0238. The largest absolute Gasteiger partial charge is 0.497 e. The summed E-state index contributed by atoms with van der Waals surface area (Å²) >= 11 is 3.44. The lowest BCUT2D eigenvalue weighted by atomic mass is 9.98. The number of halogens is 1. The van der Waals surface area contributed by atoms with Gasteiger partial charge < -0.3 is 4.74 Å². The molecule has 0 atom stereocenters. The Morgan fingerprint density at radius 1 is 1.05 bits per heavy atom. The molecule has 2 rings (SSSR count). The van der Waals surface area contributed by atoms with E-state index in [0.717, 1.165) is 21.3 Å². The van der Waals surface area contributed by atoms with Crippen LogP contribution in [0.4, 0.5) is 0 Å². The number of methoxy groups -OCH3 is 1. The fourth-order valence-corrected chi connectivity index (χ4v) is 2.40. The smallest absolute Gasteiger partial charge is 0.194 e. The van der Waals surface area contributed by atoms with Crippen molar-refractivity contribution in [2.75, 3.05) is 7.11 Å². The van der Waals surface area contributed by atoms with Gasteiger partial charge in [0, 0.05) is 15.6 Å². The van der Waals surface area contributed by atoms with E-state index in [0.29, 0.717) is 11.1 Å². The van der Waals surface area contributed by atoms with E-state index in [1.165, 1.54) is 0 Å². The van der Waals surface area contributed by atoms with Crippen molar-refractivity contribution < 1.29 is 9.53 Å². The van der Waals surface area contributed by atoms with Crippen LogP contribution < -0.4 is 4.74 Å². The zero-order valence-electron chi connectivity index (χ0n) is 11.2. The third-order valence-electron chi connectivity index (χ3n) is 3.04. The molecule has 2 nitrogen and oxygen atoms in total. The molecule has 0 spiro atoms. The minimum absolute atomic E-state index is 0.0238.